The molecule has 0 aliphatic rings. The summed E-state index contributed by atoms with van der Waals surface area (Å²) in [5.74, 6) is 0.643. The number of hydrogen-bond acceptors (Lipinski definition) is 3. The van der Waals surface area contributed by atoms with Crippen LogP contribution >= 0.6 is 11.3 Å². The topological polar surface area (TPSA) is 40.6 Å². The van der Waals surface area contributed by atoms with Gasteiger partial charge in [-0.3, -0.25) is 4.57 Å². The first-order valence-corrected chi connectivity index (χ1v) is 24.5. The summed E-state index contributed by atoms with van der Waals surface area (Å²) in [6.45, 7) is 0. The van der Waals surface area contributed by atoms with Gasteiger partial charge in [0.25, 0.3) is 0 Å². The second-order valence-corrected chi connectivity index (χ2v) is 19.2. The zero-order valence-corrected chi connectivity index (χ0v) is 38.5. The lowest BCUT2D eigenvalue weighted by atomic mass is 10.00. The maximum Gasteiger partial charge on any atom is 0.235 e. The van der Waals surface area contributed by atoms with Crippen LogP contribution in [0, 0.1) is 0 Å². The first-order valence-electron chi connectivity index (χ1n) is 23.7. The smallest absolute Gasteiger partial charge is 0.235 e. The van der Waals surface area contributed by atoms with Crippen molar-refractivity contribution in [1.82, 2.24) is 23.7 Å². The highest BCUT2D eigenvalue weighted by Gasteiger charge is 2.22. The number of hydrogen-bond donors (Lipinski definition) is 0. The summed E-state index contributed by atoms with van der Waals surface area (Å²) < 4.78 is 8.09. The quantitative estimate of drug-likeness (QED) is 0.167. The molecule has 0 aliphatic heterocycles. The van der Waals surface area contributed by atoms with Crippen LogP contribution in [0.3, 0.4) is 0 Å². The van der Waals surface area contributed by atoms with Crippen molar-refractivity contribution < 1.29 is 0 Å². The van der Waals surface area contributed by atoms with Crippen LogP contribution in [0.25, 0.3) is 137 Å². The summed E-state index contributed by atoms with van der Waals surface area (Å²) in [6.07, 6.45) is 0. The highest BCUT2D eigenvalue weighted by atomic mass is 32.1. The van der Waals surface area contributed by atoms with Crippen molar-refractivity contribution in [3.63, 3.8) is 0 Å². The van der Waals surface area contributed by atoms with Gasteiger partial charge in [0.2, 0.25) is 5.95 Å². The van der Waals surface area contributed by atoms with E-state index in [4.69, 9.17) is 9.97 Å². The number of nitrogens with zero attached hydrogens (tertiary/aromatic N) is 5. The summed E-state index contributed by atoms with van der Waals surface area (Å²) in [5, 5.41) is 9.53. The summed E-state index contributed by atoms with van der Waals surface area (Å²) in [4.78, 5) is 12.3. The van der Waals surface area contributed by atoms with Crippen LogP contribution in [0.5, 0.6) is 0 Å². The Kier molecular flexibility index (Phi) is 8.46. The van der Waals surface area contributed by atoms with Crippen molar-refractivity contribution in [3.05, 3.63) is 237 Å². The van der Waals surface area contributed by atoms with Crippen LogP contribution in [0.2, 0.25) is 0 Å². The molecule has 10 aromatic carbocycles. The average molecular weight is 910 g/mol. The Bertz CT molecular complexity index is 4580. The Morgan fingerprint density at radius 2 is 0.757 bits per heavy atom. The van der Waals surface area contributed by atoms with Gasteiger partial charge in [-0.25, -0.2) is 9.97 Å². The lowest BCUT2D eigenvalue weighted by Gasteiger charge is -2.11. The minimum absolute atomic E-state index is 0.643. The van der Waals surface area contributed by atoms with Crippen LogP contribution in [-0.2, 0) is 0 Å². The minimum Gasteiger partial charge on any atom is -0.309 e. The fourth-order valence-electron chi connectivity index (χ4n) is 11.0. The molecule has 0 aliphatic carbocycles. The number of para-hydroxylation sites is 4. The third-order valence-electron chi connectivity index (χ3n) is 14.2. The molecule has 0 spiro atoms. The Morgan fingerprint density at radius 3 is 1.37 bits per heavy atom. The standard InChI is InChI=1S/C64H39N5S/c1-4-16-40(17-5-1)61-39-54-63(70-61)62(45-30-33-58-51(37-45)49-25-13-15-27-56(49)68(58)47-22-8-3-9-23-47)66-64(65-54)69-59-32-29-44(36-52(59)53-34-41-18-10-11-19-42(41)38-60(53)69)43-28-31-57-50(35-43)48-24-12-14-26-55(48)67(57)46-20-6-2-7-21-46/h1-39H. The zero-order chi connectivity index (χ0) is 45.9. The molecule has 15 rings (SSSR count). The predicted octanol–water partition coefficient (Wildman–Crippen LogP) is 17.1. The van der Waals surface area contributed by atoms with Gasteiger partial charge < -0.3 is 9.13 Å². The number of thiophene rings is 1. The van der Waals surface area contributed by atoms with Crippen molar-refractivity contribution >= 4 is 97.7 Å². The van der Waals surface area contributed by atoms with Crippen molar-refractivity contribution in [3.8, 4) is 50.1 Å². The highest BCUT2D eigenvalue weighted by Crippen LogP contribution is 2.43. The van der Waals surface area contributed by atoms with Crippen LogP contribution in [0.15, 0.2) is 237 Å². The van der Waals surface area contributed by atoms with E-state index in [9.17, 15) is 0 Å². The van der Waals surface area contributed by atoms with Gasteiger partial charge in [0.15, 0.2) is 0 Å². The third-order valence-corrected chi connectivity index (χ3v) is 15.4. The van der Waals surface area contributed by atoms with Gasteiger partial charge in [0.05, 0.1) is 49.0 Å². The first-order chi connectivity index (χ1) is 34.7. The Hall–Kier alpha value is -9.10. The molecule has 0 radical (unpaired) electrons. The molecule has 0 unspecified atom stereocenters. The summed E-state index contributed by atoms with van der Waals surface area (Å²) in [6, 6.07) is 85.6. The van der Waals surface area contributed by atoms with Crippen LogP contribution in [0.1, 0.15) is 0 Å². The number of benzene rings is 10. The summed E-state index contributed by atoms with van der Waals surface area (Å²) in [5.41, 5.74) is 15.5. The molecule has 70 heavy (non-hydrogen) atoms. The third kappa shape index (κ3) is 5.90. The van der Waals surface area contributed by atoms with E-state index in [1.807, 2.05) is 0 Å². The normalized spacial score (nSPS) is 12.0. The van der Waals surface area contributed by atoms with Crippen molar-refractivity contribution in [1.29, 1.82) is 0 Å². The molecule has 0 atom stereocenters. The van der Waals surface area contributed by atoms with Crippen molar-refractivity contribution in [2.45, 2.75) is 0 Å². The molecule has 0 N–H and O–H groups in total. The lowest BCUT2D eigenvalue weighted by Crippen LogP contribution is -2.02. The molecule has 326 valence electrons. The number of fused-ring (bicyclic) bond motifs is 11. The zero-order valence-electron chi connectivity index (χ0n) is 37.7. The molecule has 0 saturated carbocycles. The molecule has 5 aromatic heterocycles. The van der Waals surface area contributed by atoms with Gasteiger partial charge in [0.1, 0.15) is 0 Å². The van der Waals surface area contributed by atoms with E-state index in [0.29, 0.717) is 5.95 Å². The molecule has 0 saturated heterocycles. The molecular formula is C64H39N5S. The fraction of sp³-hybridized carbons (Fsp3) is 0. The van der Waals surface area contributed by atoms with Crippen molar-refractivity contribution in [2.75, 3.05) is 0 Å². The second-order valence-electron chi connectivity index (χ2n) is 18.2. The Balaban J connectivity index is 0.964. The maximum absolute atomic E-state index is 5.68. The van der Waals surface area contributed by atoms with Gasteiger partial charge >= 0.3 is 0 Å². The van der Waals surface area contributed by atoms with E-state index in [-0.39, 0.29) is 0 Å². The van der Waals surface area contributed by atoms with Crippen LogP contribution in [0.4, 0.5) is 0 Å². The minimum atomic E-state index is 0.643. The summed E-state index contributed by atoms with van der Waals surface area (Å²) in [7, 11) is 0. The Morgan fingerprint density at radius 1 is 0.300 bits per heavy atom. The molecule has 5 heterocycles. The number of aromatic nitrogens is 5. The molecule has 5 nitrogen and oxygen atoms in total. The summed E-state index contributed by atoms with van der Waals surface area (Å²) >= 11 is 1.76. The second kappa shape index (κ2) is 15.2. The van der Waals surface area contributed by atoms with Gasteiger partial charge in [-0.05, 0) is 118 Å². The molecule has 0 amide bonds. The highest BCUT2D eigenvalue weighted by molar-refractivity contribution is 7.22. The van der Waals surface area contributed by atoms with Gasteiger partial charge in [0, 0.05) is 54.1 Å². The molecule has 15 aromatic rings. The SMILES string of the molecule is c1ccc(-c2cc3nc(-n4c5ccc(-c6ccc7c(c6)c6ccccc6n7-c6ccccc6)cc5c5cc6ccccc6cc54)nc(-c4ccc5c(c4)c4ccccc4n5-c4ccccc4)c3s2)cc1. The van der Waals surface area contributed by atoms with Gasteiger partial charge in [-0.2, -0.15) is 0 Å². The van der Waals surface area contributed by atoms with E-state index < -0.39 is 0 Å². The predicted molar refractivity (Wildman–Crippen MR) is 294 cm³/mol. The van der Waals surface area contributed by atoms with Gasteiger partial charge in [-0.1, -0.05) is 146 Å². The fourth-order valence-corrected chi connectivity index (χ4v) is 12.2. The molecule has 0 fully saturated rings. The molecular weight excluding hydrogens is 871 g/mol. The number of rotatable bonds is 6. The van der Waals surface area contributed by atoms with E-state index in [1.54, 1.807) is 11.3 Å². The monoisotopic (exact) mass is 909 g/mol. The van der Waals surface area contributed by atoms with Crippen molar-refractivity contribution in [2.24, 2.45) is 0 Å². The molecule has 6 heteroatoms. The van der Waals surface area contributed by atoms with E-state index >= 15 is 0 Å². The largest absolute Gasteiger partial charge is 0.309 e. The van der Waals surface area contributed by atoms with Crippen LogP contribution in [-0.4, -0.2) is 23.7 Å². The maximum atomic E-state index is 5.68. The first kappa shape index (κ1) is 38.9. The average Bonchev–Trinajstić information content (AvgIpc) is 4.18. The van der Waals surface area contributed by atoms with Gasteiger partial charge in [-0.15, -0.1) is 11.3 Å². The van der Waals surface area contributed by atoms with E-state index in [2.05, 4.69) is 250 Å². The lowest BCUT2D eigenvalue weighted by molar-refractivity contribution is 1.02. The van der Waals surface area contributed by atoms with Crippen LogP contribution < -0.4 is 0 Å². The van der Waals surface area contributed by atoms with E-state index in [0.717, 1.165) is 76.2 Å². The molecule has 0 bridgehead atoms. The van der Waals surface area contributed by atoms with E-state index in [1.165, 1.54) is 54.4 Å². The Labute approximate surface area is 406 Å².